The molecule has 0 atom stereocenters. The highest BCUT2D eigenvalue weighted by molar-refractivity contribution is 6.31. The Morgan fingerprint density at radius 1 is 0.875 bits per heavy atom. The summed E-state index contributed by atoms with van der Waals surface area (Å²) < 4.78 is 10.5. The zero-order valence-corrected chi connectivity index (χ0v) is 19.0. The van der Waals surface area contributed by atoms with Crippen LogP contribution in [0.25, 0.3) is 10.9 Å². The van der Waals surface area contributed by atoms with Gasteiger partial charge in [0.05, 0.1) is 31.0 Å². The van der Waals surface area contributed by atoms with Gasteiger partial charge in [-0.3, -0.25) is 14.6 Å². The van der Waals surface area contributed by atoms with E-state index in [1.54, 1.807) is 47.2 Å². The van der Waals surface area contributed by atoms with Gasteiger partial charge in [-0.1, -0.05) is 11.6 Å². The Morgan fingerprint density at radius 2 is 1.53 bits per heavy atom. The molecule has 0 spiro atoms. The molecule has 1 aliphatic heterocycles. The van der Waals surface area contributed by atoms with Gasteiger partial charge in [0.25, 0.3) is 11.8 Å². The summed E-state index contributed by atoms with van der Waals surface area (Å²) in [6.45, 7) is 3.63. The Morgan fingerprint density at radius 3 is 2.19 bits per heavy atom. The molecule has 166 valence electrons. The summed E-state index contributed by atoms with van der Waals surface area (Å²) in [5, 5.41) is 1.43. The number of aromatic nitrogens is 1. The highest BCUT2D eigenvalue weighted by Gasteiger charge is 2.27. The fourth-order valence-electron chi connectivity index (χ4n) is 3.89. The molecule has 0 N–H and O–H groups in total. The van der Waals surface area contributed by atoms with E-state index in [9.17, 15) is 9.59 Å². The van der Waals surface area contributed by atoms with Gasteiger partial charge in [0.2, 0.25) is 0 Å². The standard InChI is InChI=1S/C24H24ClN3O4/c1-15-19(13-17-12-18(25)5-6-20(17)26-15)24(30)28-10-8-27(9-11-28)23(29)16-4-7-21(31-2)22(14-16)32-3/h4-7,12-14H,8-11H2,1-3H3. The minimum atomic E-state index is -0.101. The maximum absolute atomic E-state index is 13.2. The number of halogens is 1. The van der Waals surface area contributed by atoms with Gasteiger partial charge in [-0.2, -0.15) is 0 Å². The smallest absolute Gasteiger partial charge is 0.255 e. The molecule has 7 nitrogen and oxygen atoms in total. The number of nitrogens with zero attached hydrogens (tertiary/aromatic N) is 3. The Kier molecular flexibility index (Phi) is 6.19. The fourth-order valence-corrected chi connectivity index (χ4v) is 4.08. The van der Waals surface area contributed by atoms with Crippen LogP contribution in [0.4, 0.5) is 0 Å². The second-order valence-corrected chi connectivity index (χ2v) is 8.05. The number of hydrogen-bond acceptors (Lipinski definition) is 5. The third-order valence-corrected chi connectivity index (χ3v) is 5.92. The summed E-state index contributed by atoms with van der Waals surface area (Å²) in [6, 6.07) is 12.4. The van der Waals surface area contributed by atoms with E-state index >= 15 is 0 Å². The molecular weight excluding hydrogens is 430 g/mol. The average molecular weight is 454 g/mol. The highest BCUT2D eigenvalue weighted by Crippen LogP contribution is 2.28. The third kappa shape index (κ3) is 4.21. The minimum Gasteiger partial charge on any atom is -0.493 e. The van der Waals surface area contributed by atoms with Crippen molar-refractivity contribution in [3.63, 3.8) is 0 Å². The molecule has 0 radical (unpaired) electrons. The molecule has 4 rings (SSSR count). The molecule has 1 saturated heterocycles. The summed E-state index contributed by atoms with van der Waals surface area (Å²) in [5.74, 6) is 0.887. The predicted octanol–water partition coefficient (Wildman–Crippen LogP) is 3.81. The molecule has 1 aliphatic rings. The van der Waals surface area contributed by atoms with E-state index in [0.29, 0.717) is 59.5 Å². The number of pyridine rings is 1. The van der Waals surface area contributed by atoms with Crippen molar-refractivity contribution in [1.29, 1.82) is 0 Å². The largest absolute Gasteiger partial charge is 0.493 e. The van der Waals surface area contributed by atoms with E-state index in [2.05, 4.69) is 4.98 Å². The van der Waals surface area contributed by atoms with E-state index in [0.717, 1.165) is 10.9 Å². The van der Waals surface area contributed by atoms with Gasteiger partial charge in [0, 0.05) is 42.2 Å². The topological polar surface area (TPSA) is 72.0 Å². The Labute approximate surface area is 191 Å². The van der Waals surface area contributed by atoms with Crippen LogP contribution in [-0.4, -0.2) is 67.0 Å². The van der Waals surface area contributed by atoms with Gasteiger partial charge in [0.15, 0.2) is 11.5 Å². The molecule has 32 heavy (non-hydrogen) atoms. The van der Waals surface area contributed by atoms with E-state index < -0.39 is 0 Å². The number of fused-ring (bicyclic) bond motifs is 1. The van der Waals surface area contributed by atoms with Crippen molar-refractivity contribution in [3.05, 3.63) is 64.3 Å². The van der Waals surface area contributed by atoms with Crippen molar-refractivity contribution in [1.82, 2.24) is 14.8 Å². The molecule has 0 saturated carbocycles. The lowest BCUT2D eigenvalue weighted by atomic mass is 10.1. The summed E-state index contributed by atoms with van der Waals surface area (Å²) in [4.78, 5) is 34.2. The quantitative estimate of drug-likeness (QED) is 0.600. The predicted molar refractivity (Wildman–Crippen MR) is 123 cm³/mol. The molecule has 8 heteroatoms. The van der Waals surface area contributed by atoms with Crippen LogP contribution in [0.15, 0.2) is 42.5 Å². The summed E-state index contributed by atoms with van der Waals surface area (Å²) in [6.07, 6.45) is 0. The van der Waals surface area contributed by atoms with Gasteiger partial charge in [-0.25, -0.2) is 0 Å². The SMILES string of the molecule is COc1ccc(C(=O)N2CCN(C(=O)c3cc4cc(Cl)ccc4nc3C)CC2)cc1OC. The molecular formula is C24H24ClN3O4. The van der Waals surface area contributed by atoms with Crippen LogP contribution in [0.3, 0.4) is 0 Å². The Bertz CT molecular complexity index is 1190. The summed E-state index contributed by atoms with van der Waals surface area (Å²) in [7, 11) is 3.09. The lowest BCUT2D eigenvalue weighted by molar-refractivity contribution is 0.0534. The van der Waals surface area contributed by atoms with Gasteiger partial charge >= 0.3 is 0 Å². The second-order valence-electron chi connectivity index (χ2n) is 7.61. The lowest BCUT2D eigenvalue weighted by Gasteiger charge is -2.35. The highest BCUT2D eigenvalue weighted by atomic mass is 35.5. The van der Waals surface area contributed by atoms with Crippen molar-refractivity contribution < 1.29 is 19.1 Å². The Hall–Kier alpha value is -3.32. The van der Waals surface area contributed by atoms with Crippen molar-refractivity contribution in [2.75, 3.05) is 40.4 Å². The average Bonchev–Trinajstić information content (AvgIpc) is 2.82. The number of aryl methyl sites for hydroxylation is 1. The number of rotatable bonds is 4. The molecule has 1 aromatic heterocycles. The Balaban J connectivity index is 1.47. The molecule has 3 aromatic rings. The molecule has 0 unspecified atom stereocenters. The third-order valence-electron chi connectivity index (χ3n) is 5.68. The fraction of sp³-hybridized carbons (Fsp3) is 0.292. The number of piperazine rings is 1. The molecule has 2 aromatic carbocycles. The van der Waals surface area contributed by atoms with E-state index in [-0.39, 0.29) is 11.8 Å². The number of carbonyl (C=O) groups is 2. The first-order valence-electron chi connectivity index (χ1n) is 10.3. The maximum Gasteiger partial charge on any atom is 0.255 e. The zero-order valence-electron chi connectivity index (χ0n) is 18.2. The molecule has 2 heterocycles. The minimum absolute atomic E-state index is 0.0879. The first-order chi connectivity index (χ1) is 15.4. The van der Waals surface area contributed by atoms with E-state index in [4.69, 9.17) is 21.1 Å². The molecule has 2 amide bonds. The van der Waals surface area contributed by atoms with Gasteiger partial charge in [-0.15, -0.1) is 0 Å². The normalized spacial score (nSPS) is 13.9. The van der Waals surface area contributed by atoms with Crippen molar-refractivity contribution >= 4 is 34.3 Å². The number of ether oxygens (including phenoxy) is 2. The van der Waals surface area contributed by atoms with Gasteiger partial charge in [-0.05, 0) is 49.4 Å². The monoisotopic (exact) mass is 453 g/mol. The number of hydrogen-bond donors (Lipinski definition) is 0. The molecule has 0 bridgehead atoms. The van der Waals surface area contributed by atoms with E-state index in [1.165, 1.54) is 7.11 Å². The molecule has 0 aliphatic carbocycles. The van der Waals surface area contributed by atoms with Crippen molar-refractivity contribution in [2.45, 2.75) is 6.92 Å². The lowest BCUT2D eigenvalue weighted by Crippen LogP contribution is -2.50. The summed E-state index contributed by atoms with van der Waals surface area (Å²) >= 11 is 6.10. The van der Waals surface area contributed by atoms with Crippen molar-refractivity contribution in [3.8, 4) is 11.5 Å². The number of methoxy groups -OCH3 is 2. The van der Waals surface area contributed by atoms with Gasteiger partial charge in [0.1, 0.15) is 0 Å². The summed E-state index contributed by atoms with van der Waals surface area (Å²) in [5.41, 5.74) is 2.55. The second kappa shape index (κ2) is 9.04. The van der Waals surface area contributed by atoms with E-state index in [1.807, 2.05) is 19.1 Å². The van der Waals surface area contributed by atoms with Crippen LogP contribution in [0, 0.1) is 6.92 Å². The van der Waals surface area contributed by atoms with Crippen LogP contribution in [0.5, 0.6) is 11.5 Å². The number of benzene rings is 2. The zero-order chi connectivity index (χ0) is 22.8. The van der Waals surface area contributed by atoms with Crippen LogP contribution in [0.1, 0.15) is 26.4 Å². The molecule has 1 fully saturated rings. The number of amides is 2. The van der Waals surface area contributed by atoms with Crippen LogP contribution < -0.4 is 9.47 Å². The first kappa shape index (κ1) is 21.9. The van der Waals surface area contributed by atoms with Crippen LogP contribution in [0.2, 0.25) is 5.02 Å². The van der Waals surface area contributed by atoms with Crippen LogP contribution in [-0.2, 0) is 0 Å². The number of carbonyl (C=O) groups excluding carboxylic acids is 2. The van der Waals surface area contributed by atoms with Crippen molar-refractivity contribution in [2.24, 2.45) is 0 Å². The van der Waals surface area contributed by atoms with Crippen LogP contribution >= 0.6 is 11.6 Å². The maximum atomic E-state index is 13.2. The van der Waals surface area contributed by atoms with Gasteiger partial charge < -0.3 is 19.3 Å². The first-order valence-corrected chi connectivity index (χ1v) is 10.7.